The number of ether oxygens (including phenoxy) is 2. The third kappa shape index (κ3) is 5.11. The van der Waals surface area contributed by atoms with Crippen molar-refractivity contribution in [2.24, 2.45) is 0 Å². The number of nitrogens with zero attached hydrogens (tertiary/aromatic N) is 1. The Kier molecular flexibility index (Phi) is 6.67. The van der Waals surface area contributed by atoms with Gasteiger partial charge < -0.3 is 14.8 Å². The van der Waals surface area contributed by atoms with E-state index in [0.29, 0.717) is 11.6 Å². The lowest BCUT2D eigenvalue weighted by atomic mass is 10.1. The van der Waals surface area contributed by atoms with Crippen LogP contribution >= 0.6 is 11.6 Å². The molecule has 0 unspecified atom stereocenters. The van der Waals surface area contributed by atoms with Crippen molar-refractivity contribution in [3.63, 3.8) is 0 Å². The monoisotopic (exact) mass is 362 g/mol. The molecule has 0 radical (unpaired) electrons. The maximum absolute atomic E-state index is 12.4. The van der Waals surface area contributed by atoms with Gasteiger partial charge in [0.2, 0.25) is 5.91 Å². The first-order chi connectivity index (χ1) is 11.9. The van der Waals surface area contributed by atoms with Crippen molar-refractivity contribution in [1.29, 1.82) is 0 Å². The van der Waals surface area contributed by atoms with Crippen LogP contribution in [0.15, 0.2) is 42.5 Å². The maximum atomic E-state index is 12.4. The zero-order chi connectivity index (χ0) is 18.4. The molecule has 1 N–H and O–H groups in total. The second-order valence-corrected chi connectivity index (χ2v) is 6.20. The highest BCUT2D eigenvalue weighted by atomic mass is 35.5. The Morgan fingerprint density at radius 2 is 1.84 bits per heavy atom. The van der Waals surface area contributed by atoms with E-state index < -0.39 is 0 Å². The van der Waals surface area contributed by atoms with Crippen LogP contribution in [0.25, 0.3) is 0 Å². The van der Waals surface area contributed by atoms with E-state index in [-0.39, 0.29) is 11.9 Å². The Hall–Kier alpha value is -2.24. The number of nitrogens with one attached hydrogen (secondary N) is 1. The summed E-state index contributed by atoms with van der Waals surface area (Å²) in [7, 11) is 5.13. The topological polar surface area (TPSA) is 50.8 Å². The highest BCUT2D eigenvalue weighted by molar-refractivity contribution is 6.30. The summed E-state index contributed by atoms with van der Waals surface area (Å²) in [4.78, 5) is 14.4. The van der Waals surface area contributed by atoms with E-state index in [0.717, 1.165) is 22.7 Å². The normalized spacial score (nSPS) is 11.9. The fraction of sp³-hybridized carbons (Fsp3) is 0.316. The molecular formula is C19H23ClN2O3. The summed E-state index contributed by atoms with van der Waals surface area (Å²) in [6.45, 7) is 2.43. The molecule has 0 aliphatic carbocycles. The first-order valence-corrected chi connectivity index (χ1v) is 8.30. The molecule has 2 aromatic rings. The summed E-state index contributed by atoms with van der Waals surface area (Å²) in [6, 6.07) is 12.4. The van der Waals surface area contributed by atoms with Gasteiger partial charge in [0.15, 0.2) is 0 Å². The van der Waals surface area contributed by atoms with E-state index in [1.165, 1.54) is 0 Å². The number of hydrogen-bond acceptors (Lipinski definition) is 4. The van der Waals surface area contributed by atoms with Crippen LogP contribution in [0.1, 0.15) is 12.5 Å². The van der Waals surface area contributed by atoms with Gasteiger partial charge in [-0.25, -0.2) is 0 Å². The molecule has 1 atom stereocenters. The number of anilines is 1. The quantitative estimate of drug-likeness (QED) is 0.813. The van der Waals surface area contributed by atoms with Gasteiger partial charge in [-0.15, -0.1) is 0 Å². The average molecular weight is 363 g/mol. The SMILES string of the molecule is COc1ccc(CN(C)[C@@H](C)C(=O)Nc2ccc(Cl)cc2)c(OC)c1. The summed E-state index contributed by atoms with van der Waals surface area (Å²) in [5.74, 6) is 1.38. The molecule has 2 rings (SSSR count). The molecule has 0 spiro atoms. The number of likely N-dealkylation sites (N-methyl/N-ethyl adjacent to an activating group) is 1. The third-order valence-electron chi connectivity index (χ3n) is 4.07. The van der Waals surface area contributed by atoms with E-state index in [1.54, 1.807) is 38.5 Å². The minimum Gasteiger partial charge on any atom is -0.497 e. The van der Waals surface area contributed by atoms with Crippen LogP contribution in [0.5, 0.6) is 11.5 Å². The average Bonchev–Trinajstić information content (AvgIpc) is 2.63. The van der Waals surface area contributed by atoms with Crippen molar-refractivity contribution in [1.82, 2.24) is 4.90 Å². The Bertz CT molecular complexity index is 719. The summed E-state index contributed by atoms with van der Waals surface area (Å²) >= 11 is 5.86. The van der Waals surface area contributed by atoms with E-state index in [1.807, 2.05) is 37.1 Å². The Morgan fingerprint density at radius 3 is 2.44 bits per heavy atom. The molecule has 134 valence electrons. The van der Waals surface area contributed by atoms with Gasteiger partial charge in [0.25, 0.3) is 0 Å². The molecule has 0 aliphatic rings. The standard InChI is InChI=1S/C19H23ClN2O3/c1-13(19(23)21-16-8-6-15(20)7-9-16)22(2)12-14-5-10-17(24-3)11-18(14)25-4/h5-11,13H,12H2,1-4H3,(H,21,23)/t13-/m0/s1. The Balaban J connectivity index is 2.03. The van der Waals surface area contributed by atoms with Crippen LogP contribution in [0.2, 0.25) is 5.02 Å². The summed E-state index contributed by atoms with van der Waals surface area (Å²) < 4.78 is 10.6. The number of hydrogen-bond donors (Lipinski definition) is 1. The van der Waals surface area contributed by atoms with Gasteiger partial charge in [0.05, 0.1) is 20.3 Å². The van der Waals surface area contributed by atoms with Crippen LogP contribution in [-0.4, -0.2) is 38.1 Å². The van der Waals surface area contributed by atoms with E-state index in [4.69, 9.17) is 21.1 Å². The number of methoxy groups -OCH3 is 2. The minimum atomic E-state index is -0.317. The van der Waals surface area contributed by atoms with Crippen LogP contribution in [0.3, 0.4) is 0 Å². The molecular weight excluding hydrogens is 340 g/mol. The molecule has 0 bridgehead atoms. The second kappa shape index (κ2) is 8.74. The van der Waals surface area contributed by atoms with Crippen LogP contribution in [0.4, 0.5) is 5.69 Å². The second-order valence-electron chi connectivity index (χ2n) is 5.77. The highest BCUT2D eigenvalue weighted by Crippen LogP contribution is 2.26. The first kappa shape index (κ1) is 19.1. The summed E-state index contributed by atoms with van der Waals surface area (Å²) in [6.07, 6.45) is 0. The summed E-state index contributed by atoms with van der Waals surface area (Å²) in [5, 5.41) is 3.53. The predicted molar refractivity (Wildman–Crippen MR) is 101 cm³/mol. The molecule has 0 saturated carbocycles. The van der Waals surface area contributed by atoms with Crippen molar-refractivity contribution >= 4 is 23.2 Å². The van der Waals surface area contributed by atoms with Gasteiger partial charge >= 0.3 is 0 Å². The zero-order valence-corrected chi connectivity index (χ0v) is 15.6. The molecule has 6 heteroatoms. The maximum Gasteiger partial charge on any atom is 0.241 e. The number of halogens is 1. The molecule has 2 aromatic carbocycles. The zero-order valence-electron chi connectivity index (χ0n) is 14.9. The Labute approximate surface area is 153 Å². The lowest BCUT2D eigenvalue weighted by molar-refractivity contribution is -0.120. The van der Waals surface area contributed by atoms with Gasteiger partial charge in [-0.05, 0) is 44.3 Å². The van der Waals surface area contributed by atoms with Gasteiger partial charge in [-0.2, -0.15) is 0 Å². The lowest BCUT2D eigenvalue weighted by Gasteiger charge is -2.25. The molecule has 0 heterocycles. The van der Waals surface area contributed by atoms with E-state index in [9.17, 15) is 4.79 Å². The largest absolute Gasteiger partial charge is 0.497 e. The molecule has 25 heavy (non-hydrogen) atoms. The van der Waals surface area contributed by atoms with Gasteiger partial charge in [-0.1, -0.05) is 17.7 Å². The smallest absolute Gasteiger partial charge is 0.241 e. The lowest BCUT2D eigenvalue weighted by Crippen LogP contribution is -2.39. The van der Waals surface area contributed by atoms with Crippen molar-refractivity contribution in [3.8, 4) is 11.5 Å². The molecule has 5 nitrogen and oxygen atoms in total. The van der Waals surface area contributed by atoms with E-state index in [2.05, 4.69) is 5.32 Å². The van der Waals surface area contributed by atoms with Gasteiger partial charge in [0, 0.05) is 28.9 Å². The fourth-order valence-electron chi connectivity index (χ4n) is 2.37. The minimum absolute atomic E-state index is 0.0858. The molecule has 0 aliphatic heterocycles. The van der Waals surface area contributed by atoms with Crippen molar-refractivity contribution < 1.29 is 14.3 Å². The van der Waals surface area contributed by atoms with Gasteiger partial charge in [0.1, 0.15) is 11.5 Å². The van der Waals surface area contributed by atoms with Gasteiger partial charge in [-0.3, -0.25) is 9.69 Å². The molecule has 0 fully saturated rings. The van der Waals surface area contributed by atoms with Crippen LogP contribution in [0, 0.1) is 0 Å². The van der Waals surface area contributed by atoms with Crippen molar-refractivity contribution in [2.45, 2.75) is 19.5 Å². The first-order valence-electron chi connectivity index (χ1n) is 7.92. The van der Waals surface area contributed by atoms with Crippen LogP contribution < -0.4 is 14.8 Å². The summed E-state index contributed by atoms with van der Waals surface area (Å²) in [5.41, 5.74) is 1.70. The molecule has 1 amide bonds. The number of rotatable bonds is 7. The number of amides is 1. The molecule has 0 aromatic heterocycles. The van der Waals surface area contributed by atoms with E-state index >= 15 is 0 Å². The van der Waals surface area contributed by atoms with Crippen LogP contribution in [-0.2, 0) is 11.3 Å². The number of carbonyl (C=O) groups is 1. The Morgan fingerprint density at radius 1 is 1.16 bits per heavy atom. The third-order valence-corrected chi connectivity index (χ3v) is 4.32. The highest BCUT2D eigenvalue weighted by Gasteiger charge is 2.19. The fourth-order valence-corrected chi connectivity index (χ4v) is 2.49. The van der Waals surface area contributed by atoms with Crippen molar-refractivity contribution in [3.05, 3.63) is 53.1 Å². The van der Waals surface area contributed by atoms with Crippen molar-refractivity contribution in [2.75, 3.05) is 26.6 Å². The predicted octanol–water partition coefficient (Wildman–Crippen LogP) is 3.82. The number of carbonyl (C=O) groups excluding carboxylic acids is 1. The molecule has 0 saturated heterocycles. The number of benzene rings is 2.